The van der Waals surface area contributed by atoms with Gasteiger partial charge in [-0.1, -0.05) is 12.1 Å². The van der Waals surface area contributed by atoms with Crippen LogP contribution in [0.4, 0.5) is 11.5 Å². The summed E-state index contributed by atoms with van der Waals surface area (Å²) in [6.07, 6.45) is 5.18. The number of benzene rings is 1. The van der Waals surface area contributed by atoms with Crippen LogP contribution in [0.15, 0.2) is 36.7 Å². The number of amides is 1. The highest BCUT2D eigenvalue weighted by Gasteiger charge is 2.17. The lowest BCUT2D eigenvalue weighted by molar-refractivity contribution is 0.0527. The molecule has 1 fully saturated rings. The summed E-state index contributed by atoms with van der Waals surface area (Å²) in [6.45, 7) is 3.44. The van der Waals surface area contributed by atoms with E-state index in [9.17, 15) is 9.59 Å². The molecule has 2 heterocycles. The third-order valence-electron chi connectivity index (χ3n) is 4.09. The average molecular weight is 370 g/mol. The molecule has 8 heteroatoms. The van der Waals surface area contributed by atoms with Crippen molar-refractivity contribution in [1.82, 2.24) is 9.97 Å². The van der Waals surface area contributed by atoms with Crippen molar-refractivity contribution in [3.8, 4) is 0 Å². The van der Waals surface area contributed by atoms with Crippen LogP contribution >= 0.6 is 0 Å². The van der Waals surface area contributed by atoms with Crippen molar-refractivity contribution in [2.24, 2.45) is 0 Å². The number of nitrogens with one attached hydrogen (secondary N) is 2. The standard InChI is InChI=1S/C19H22N4O4/c1-2-26-19(25)14-7-3-4-8-15(14)23-18(24)16-11-22-17(12-20-16)21-10-13-6-5-9-27-13/h3-4,7-8,11-13H,2,5-6,9-10H2,1H3,(H,21,22)(H,23,24). The molecule has 1 saturated heterocycles. The molecule has 2 N–H and O–H groups in total. The molecule has 1 unspecified atom stereocenters. The van der Waals surface area contributed by atoms with Gasteiger partial charge < -0.3 is 20.1 Å². The minimum Gasteiger partial charge on any atom is -0.462 e. The molecule has 142 valence electrons. The second-order valence-corrected chi connectivity index (χ2v) is 6.02. The van der Waals surface area contributed by atoms with Crippen molar-refractivity contribution in [2.45, 2.75) is 25.9 Å². The van der Waals surface area contributed by atoms with Gasteiger partial charge in [-0.3, -0.25) is 4.79 Å². The van der Waals surface area contributed by atoms with Gasteiger partial charge >= 0.3 is 5.97 Å². The molecule has 8 nitrogen and oxygen atoms in total. The van der Waals surface area contributed by atoms with Crippen LogP contribution in [0.5, 0.6) is 0 Å². The zero-order valence-electron chi connectivity index (χ0n) is 15.1. The van der Waals surface area contributed by atoms with Crippen LogP contribution in [-0.2, 0) is 9.47 Å². The van der Waals surface area contributed by atoms with Crippen molar-refractivity contribution in [3.05, 3.63) is 47.9 Å². The number of carbonyl (C=O) groups is 2. The van der Waals surface area contributed by atoms with Gasteiger partial charge in [0.15, 0.2) is 0 Å². The Labute approximate surface area is 157 Å². The van der Waals surface area contributed by atoms with Crippen molar-refractivity contribution < 1.29 is 19.1 Å². The summed E-state index contributed by atoms with van der Waals surface area (Å²) in [7, 11) is 0. The zero-order chi connectivity index (χ0) is 19.1. The third-order valence-corrected chi connectivity index (χ3v) is 4.09. The Kier molecular flexibility index (Phi) is 6.32. The third kappa shape index (κ3) is 5.01. The van der Waals surface area contributed by atoms with E-state index in [1.54, 1.807) is 31.2 Å². The number of hydrogen-bond donors (Lipinski definition) is 2. The van der Waals surface area contributed by atoms with Crippen LogP contribution in [-0.4, -0.2) is 47.7 Å². The number of hydrogen-bond acceptors (Lipinski definition) is 7. The maximum Gasteiger partial charge on any atom is 0.340 e. The Morgan fingerprint density at radius 2 is 2.11 bits per heavy atom. The van der Waals surface area contributed by atoms with Gasteiger partial charge in [0.25, 0.3) is 5.91 Å². The van der Waals surface area contributed by atoms with Crippen molar-refractivity contribution in [2.75, 3.05) is 30.4 Å². The molecule has 3 rings (SSSR count). The first-order valence-corrected chi connectivity index (χ1v) is 8.92. The Bertz CT molecular complexity index is 789. The Hall–Kier alpha value is -3.00. The predicted octanol–water partition coefficient (Wildman–Crippen LogP) is 2.50. The van der Waals surface area contributed by atoms with Gasteiger partial charge in [-0.15, -0.1) is 0 Å². The topological polar surface area (TPSA) is 102 Å². The van der Waals surface area contributed by atoms with E-state index in [2.05, 4.69) is 20.6 Å². The number of nitrogens with zero attached hydrogens (tertiary/aromatic N) is 2. The molecular weight excluding hydrogens is 348 g/mol. The molecule has 1 aliphatic rings. The number of anilines is 2. The Balaban J connectivity index is 1.62. The molecule has 0 saturated carbocycles. The lowest BCUT2D eigenvalue weighted by Gasteiger charge is -2.12. The van der Waals surface area contributed by atoms with Gasteiger partial charge in [-0.2, -0.15) is 0 Å². The van der Waals surface area contributed by atoms with Crippen LogP contribution in [0.3, 0.4) is 0 Å². The van der Waals surface area contributed by atoms with E-state index in [4.69, 9.17) is 9.47 Å². The summed E-state index contributed by atoms with van der Waals surface area (Å²) in [5.41, 5.74) is 0.801. The fourth-order valence-electron chi connectivity index (χ4n) is 2.73. The van der Waals surface area contributed by atoms with Crippen LogP contribution in [0.25, 0.3) is 0 Å². The number of esters is 1. The summed E-state index contributed by atoms with van der Waals surface area (Å²) in [5.74, 6) is -0.368. The van der Waals surface area contributed by atoms with Gasteiger partial charge in [-0.25, -0.2) is 14.8 Å². The summed E-state index contributed by atoms with van der Waals surface area (Å²) in [4.78, 5) is 32.8. The van der Waals surface area contributed by atoms with Crippen molar-refractivity contribution >= 4 is 23.4 Å². The number of ether oxygens (including phenoxy) is 2. The second kappa shape index (κ2) is 9.09. The SMILES string of the molecule is CCOC(=O)c1ccccc1NC(=O)c1cnc(NCC2CCCO2)cn1. The molecule has 1 aromatic heterocycles. The normalized spacial score (nSPS) is 16.0. The second-order valence-electron chi connectivity index (χ2n) is 6.02. The lowest BCUT2D eigenvalue weighted by atomic mass is 10.1. The molecule has 1 amide bonds. The molecule has 0 spiro atoms. The minimum atomic E-state index is -0.492. The quantitative estimate of drug-likeness (QED) is 0.722. The highest BCUT2D eigenvalue weighted by Crippen LogP contribution is 2.17. The monoisotopic (exact) mass is 370 g/mol. The van der Waals surface area contributed by atoms with Crippen molar-refractivity contribution in [1.29, 1.82) is 0 Å². The molecule has 1 aliphatic heterocycles. The lowest BCUT2D eigenvalue weighted by Crippen LogP contribution is -2.20. The molecular formula is C19H22N4O4. The van der Waals surface area contributed by atoms with E-state index in [1.807, 2.05) is 0 Å². The van der Waals surface area contributed by atoms with E-state index < -0.39 is 11.9 Å². The molecule has 1 atom stereocenters. The maximum atomic E-state index is 12.4. The molecule has 2 aromatic rings. The first-order valence-electron chi connectivity index (χ1n) is 8.92. The van der Waals surface area contributed by atoms with Gasteiger partial charge in [0.1, 0.15) is 11.5 Å². The first kappa shape index (κ1) is 18.8. The van der Waals surface area contributed by atoms with E-state index >= 15 is 0 Å². The summed E-state index contributed by atoms with van der Waals surface area (Å²) < 4.78 is 10.5. The largest absolute Gasteiger partial charge is 0.462 e. The zero-order valence-corrected chi connectivity index (χ0v) is 15.1. The number of para-hydroxylation sites is 1. The van der Waals surface area contributed by atoms with Crippen LogP contribution in [0.1, 0.15) is 40.6 Å². The minimum absolute atomic E-state index is 0.149. The molecule has 0 bridgehead atoms. The van der Waals surface area contributed by atoms with Crippen molar-refractivity contribution in [3.63, 3.8) is 0 Å². The van der Waals surface area contributed by atoms with Crippen LogP contribution < -0.4 is 10.6 Å². The van der Waals surface area contributed by atoms with E-state index in [0.717, 1.165) is 19.4 Å². The van der Waals surface area contributed by atoms with E-state index in [1.165, 1.54) is 12.4 Å². The van der Waals surface area contributed by atoms with E-state index in [-0.39, 0.29) is 24.0 Å². The van der Waals surface area contributed by atoms with E-state index in [0.29, 0.717) is 18.1 Å². The predicted molar refractivity (Wildman–Crippen MR) is 99.8 cm³/mol. The molecule has 27 heavy (non-hydrogen) atoms. The Morgan fingerprint density at radius 3 is 2.81 bits per heavy atom. The highest BCUT2D eigenvalue weighted by molar-refractivity contribution is 6.06. The summed E-state index contributed by atoms with van der Waals surface area (Å²) >= 11 is 0. The number of aromatic nitrogens is 2. The van der Waals surface area contributed by atoms with Gasteiger partial charge in [0.2, 0.25) is 0 Å². The summed E-state index contributed by atoms with van der Waals surface area (Å²) in [6, 6.07) is 6.66. The highest BCUT2D eigenvalue weighted by atomic mass is 16.5. The fourth-order valence-corrected chi connectivity index (χ4v) is 2.73. The van der Waals surface area contributed by atoms with Gasteiger partial charge in [0, 0.05) is 13.2 Å². The molecule has 1 aromatic carbocycles. The Morgan fingerprint density at radius 1 is 1.26 bits per heavy atom. The fraction of sp³-hybridized carbons (Fsp3) is 0.368. The van der Waals surface area contributed by atoms with Crippen LogP contribution in [0.2, 0.25) is 0 Å². The number of carbonyl (C=O) groups excluding carboxylic acids is 2. The van der Waals surface area contributed by atoms with Gasteiger partial charge in [0.05, 0.1) is 36.4 Å². The van der Waals surface area contributed by atoms with Crippen LogP contribution in [0, 0.1) is 0 Å². The smallest absolute Gasteiger partial charge is 0.340 e. The number of rotatable bonds is 7. The average Bonchev–Trinajstić information content (AvgIpc) is 3.21. The summed E-state index contributed by atoms with van der Waals surface area (Å²) in [5, 5.41) is 5.83. The maximum absolute atomic E-state index is 12.4. The molecule has 0 radical (unpaired) electrons. The van der Waals surface area contributed by atoms with Gasteiger partial charge in [-0.05, 0) is 31.9 Å². The molecule has 0 aliphatic carbocycles. The first-order chi connectivity index (χ1) is 13.2.